The average Bonchev–Trinajstić information content (AvgIpc) is 2.97. The zero-order chi connectivity index (χ0) is 20.0. The van der Waals surface area contributed by atoms with Crippen molar-refractivity contribution in [3.8, 4) is 10.6 Å². The summed E-state index contributed by atoms with van der Waals surface area (Å²) in [5, 5.41) is 4.42. The molecule has 3 heterocycles. The molecule has 0 fully saturated rings. The monoisotopic (exact) mass is 382 g/mol. The van der Waals surface area contributed by atoms with E-state index >= 15 is 0 Å². The van der Waals surface area contributed by atoms with E-state index in [2.05, 4.69) is 29.1 Å². The van der Waals surface area contributed by atoms with Gasteiger partial charge in [0.2, 0.25) is 0 Å². The Hall–Kier alpha value is -2.60. The van der Waals surface area contributed by atoms with Gasteiger partial charge in [0.25, 0.3) is 0 Å². The van der Waals surface area contributed by atoms with Crippen molar-refractivity contribution in [1.82, 2.24) is 15.0 Å². The highest BCUT2D eigenvalue weighted by molar-refractivity contribution is 7.15. The molecule has 0 aliphatic carbocycles. The van der Waals surface area contributed by atoms with E-state index in [0.717, 1.165) is 32.9 Å². The van der Waals surface area contributed by atoms with Crippen LogP contribution in [0.25, 0.3) is 10.6 Å². The summed E-state index contributed by atoms with van der Waals surface area (Å²) in [5.41, 5.74) is 3.15. The van der Waals surface area contributed by atoms with E-state index in [0.29, 0.717) is 5.92 Å². The van der Waals surface area contributed by atoms with Gasteiger partial charge >= 0.3 is 0 Å². The third kappa shape index (κ3) is 6.25. The van der Waals surface area contributed by atoms with E-state index in [9.17, 15) is 4.79 Å². The van der Waals surface area contributed by atoms with E-state index in [4.69, 9.17) is 4.98 Å². The number of rotatable bonds is 4. The van der Waals surface area contributed by atoms with Crippen LogP contribution in [0.15, 0.2) is 36.5 Å². The van der Waals surface area contributed by atoms with Gasteiger partial charge in [-0.05, 0) is 57.5 Å². The summed E-state index contributed by atoms with van der Waals surface area (Å²) < 4.78 is 0. The number of carbonyl (C=O) groups is 1. The second-order valence-electron chi connectivity index (χ2n) is 6.78. The summed E-state index contributed by atoms with van der Waals surface area (Å²) in [5.74, 6) is 2.20. The lowest BCUT2D eigenvalue weighted by atomic mass is 10.2. The van der Waals surface area contributed by atoms with Gasteiger partial charge in [-0.25, -0.2) is 15.0 Å². The fourth-order valence-corrected chi connectivity index (χ4v) is 3.31. The Balaban J connectivity index is 0.000000596. The van der Waals surface area contributed by atoms with Gasteiger partial charge in [-0.15, -0.1) is 11.3 Å². The van der Waals surface area contributed by atoms with Gasteiger partial charge in [-0.3, -0.25) is 0 Å². The van der Waals surface area contributed by atoms with Crippen molar-refractivity contribution < 1.29 is 4.79 Å². The lowest BCUT2D eigenvalue weighted by Gasteiger charge is -2.07. The van der Waals surface area contributed by atoms with Crippen molar-refractivity contribution >= 4 is 28.8 Å². The Morgan fingerprint density at radius 1 is 1.07 bits per heavy atom. The van der Waals surface area contributed by atoms with Crippen molar-refractivity contribution in [2.75, 3.05) is 5.32 Å². The van der Waals surface area contributed by atoms with Gasteiger partial charge in [-0.2, -0.15) is 0 Å². The summed E-state index contributed by atoms with van der Waals surface area (Å²) in [4.78, 5) is 24.3. The molecule has 0 saturated carbocycles. The summed E-state index contributed by atoms with van der Waals surface area (Å²) >= 11 is 1.72. The Labute approximate surface area is 164 Å². The van der Waals surface area contributed by atoms with Crippen molar-refractivity contribution in [2.24, 2.45) is 0 Å². The largest absolute Gasteiger partial charge is 0.325 e. The molecule has 6 heteroatoms. The molecule has 0 aliphatic heterocycles. The predicted octanol–water partition coefficient (Wildman–Crippen LogP) is 5.68. The number of Topliss-reactive ketones (excluding diaryl/α,β-unsaturated/α-hetero) is 1. The molecule has 0 unspecified atom stereocenters. The maximum atomic E-state index is 9.44. The van der Waals surface area contributed by atoms with Gasteiger partial charge in [0.15, 0.2) is 0 Å². The first-order chi connectivity index (χ1) is 12.8. The number of aryl methyl sites for hydroxylation is 2. The SMILES string of the molecule is CC(C)=O.Cc1ccnc(Nc2cccc(-c3sc(C(C)C)nc3C)n2)c1. The highest BCUT2D eigenvalue weighted by Crippen LogP contribution is 2.32. The lowest BCUT2D eigenvalue weighted by Crippen LogP contribution is -1.97. The first kappa shape index (κ1) is 20.7. The smallest absolute Gasteiger partial charge is 0.132 e. The Morgan fingerprint density at radius 2 is 1.78 bits per heavy atom. The van der Waals surface area contributed by atoms with Crippen LogP contribution in [0.2, 0.25) is 0 Å². The third-order valence-corrected chi connectivity index (χ3v) is 4.94. The van der Waals surface area contributed by atoms with Crippen LogP contribution in [0.3, 0.4) is 0 Å². The van der Waals surface area contributed by atoms with Crippen LogP contribution in [-0.4, -0.2) is 20.7 Å². The number of carbonyl (C=O) groups excluding carboxylic acids is 1. The number of nitrogens with zero attached hydrogens (tertiary/aromatic N) is 3. The zero-order valence-corrected chi connectivity index (χ0v) is 17.5. The van der Waals surface area contributed by atoms with Crippen LogP contribution >= 0.6 is 11.3 Å². The number of hydrogen-bond donors (Lipinski definition) is 1. The van der Waals surface area contributed by atoms with E-state index in [1.165, 1.54) is 19.4 Å². The molecule has 0 aromatic carbocycles. The molecule has 27 heavy (non-hydrogen) atoms. The average molecular weight is 383 g/mol. The first-order valence-corrected chi connectivity index (χ1v) is 9.69. The molecule has 0 amide bonds. The molecule has 142 valence electrons. The molecule has 0 spiro atoms. The van der Waals surface area contributed by atoms with Gasteiger partial charge in [-0.1, -0.05) is 19.9 Å². The van der Waals surface area contributed by atoms with Crippen LogP contribution in [0.5, 0.6) is 0 Å². The lowest BCUT2D eigenvalue weighted by molar-refractivity contribution is -0.114. The van der Waals surface area contributed by atoms with Crippen molar-refractivity contribution in [1.29, 1.82) is 0 Å². The van der Waals surface area contributed by atoms with Crippen LogP contribution in [-0.2, 0) is 4.79 Å². The molecule has 5 nitrogen and oxygen atoms in total. The Kier molecular flexibility index (Phi) is 7.19. The molecule has 1 N–H and O–H groups in total. The van der Waals surface area contributed by atoms with E-state index < -0.39 is 0 Å². The van der Waals surface area contributed by atoms with E-state index in [1.54, 1.807) is 17.5 Å². The topological polar surface area (TPSA) is 67.8 Å². The standard InChI is InChI=1S/C18H20N4S.C3H6O/c1-11(2)18-20-13(4)17(23-18)14-6-5-7-15(21-14)22-16-10-12(3)8-9-19-16;1-3(2)4/h5-11H,1-4H3,(H,19,21,22);1-2H3. The van der Waals surface area contributed by atoms with Crippen LogP contribution in [0.4, 0.5) is 11.6 Å². The summed E-state index contributed by atoms with van der Waals surface area (Å²) in [6.07, 6.45) is 1.80. The molecular formula is C21H26N4OS. The molecule has 0 aliphatic rings. The molecule has 3 aromatic heterocycles. The van der Waals surface area contributed by atoms with Crippen molar-refractivity contribution in [2.45, 2.75) is 47.5 Å². The summed E-state index contributed by atoms with van der Waals surface area (Å²) in [7, 11) is 0. The molecule has 0 radical (unpaired) electrons. The number of nitrogens with one attached hydrogen (secondary N) is 1. The van der Waals surface area contributed by atoms with E-state index in [-0.39, 0.29) is 5.78 Å². The maximum absolute atomic E-state index is 9.44. The molecule has 3 rings (SSSR count). The summed E-state index contributed by atoms with van der Waals surface area (Å²) in [6, 6.07) is 9.97. The van der Waals surface area contributed by atoms with Crippen LogP contribution in [0.1, 0.15) is 49.9 Å². The van der Waals surface area contributed by atoms with Gasteiger partial charge in [0.1, 0.15) is 17.4 Å². The molecule has 0 atom stereocenters. The first-order valence-electron chi connectivity index (χ1n) is 8.88. The Morgan fingerprint density at radius 3 is 2.37 bits per heavy atom. The third-order valence-electron chi connectivity index (χ3n) is 3.46. The second kappa shape index (κ2) is 9.37. The minimum absolute atomic E-state index is 0.167. The highest BCUT2D eigenvalue weighted by atomic mass is 32.1. The number of pyridine rings is 2. The van der Waals surface area contributed by atoms with Gasteiger partial charge in [0.05, 0.1) is 21.3 Å². The van der Waals surface area contributed by atoms with Gasteiger partial charge < -0.3 is 10.1 Å². The number of hydrogen-bond acceptors (Lipinski definition) is 6. The van der Waals surface area contributed by atoms with Gasteiger partial charge in [0, 0.05) is 12.1 Å². The molecular weight excluding hydrogens is 356 g/mol. The fourth-order valence-electron chi connectivity index (χ4n) is 2.27. The fraction of sp³-hybridized carbons (Fsp3) is 0.333. The predicted molar refractivity (Wildman–Crippen MR) is 113 cm³/mol. The summed E-state index contributed by atoms with van der Waals surface area (Å²) in [6.45, 7) is 11.5. The molecule has 0 saturated heterocycles. The van der Waals surface area contributed by atoms with Crippen LogP contribution in [0, 0.1) is 13.8 Å². The zero-order valence-electron chi connectivity index (χ0n) is 16.7. The second-order valence-corrected chi connectivity index (χ2v) is 7.81. The molecule has 3 aromatic rings. The van der Waals surface area contributed by atoms with Crippen molar-refractivity contribution in [3.05, 3.63) is 52.8 Å². The Bertz CT molecular complexity index is 914. The van der Waals surface area contributed by atoms with Crippen molar-refractivity contribution in [3.63, 3.8) is 0 Å². The minimum atomic E-state index is 0.167. The normalized spacial score (nSPS) is 10.3. The van der Waals surface area contributed by atoms with E-state index in [1.807, 2.05) is 44.2 Å². The highest BCUT2D eigenvalue weighted by Gasteiger charge is 2.13. The number of anilines is 2. The number of aromatic nitrogens is 3. The minimum Gasteiger partial charge on any atom is -0.325 e. The quantitative estimate of drug-likeness (QED) is 0.629. The number of ketones is 1. The maximum Gasteiger partial charge on any atom is 0.132 e. The molecule has 0 bridgehead atoms. The van der Waals surface area contributed by atoms with Crippen LogP contribution < -0.4 is 5.32 Å². The number of thiazole rings is 1.